The van der Waals surface area contributed by atoms with Gasteiger partial charge in [-0.2, -0.15) is 0 Å². The summed E-state index contributed by atoms with van der Waals surface area (Å²) in [6, 6.07) is 10.5. The molecule has 2 aromatic rings. The summed E-state index contributed by atoms with van der Waals surface area (Å²) < 4.78 is 13.0. The standard InChI is InChI=1S/C24H28FN3O/c25-22-7-5-20(6-8-22)4-2-14-27-15-11-24(12-16-27)10-9-23(29)28(19-24)18-21-3-1-13-26-17-21/h1-8,13,17H,9-12,14-16,18-19H2/b4-2+. The molecule has 1 aromatic heterocycles. The minimum Gasteiger partial charge on any atom is -0.338 e. The summed E-state index contributed by atoms with van der Waals surface area (Å²) in [6.45, 7) is 4.55. The van der Waals surface area contributed by atoms with E-state index in [1.807, 2.05) is 23.2 Å². The van der Waals surface area contributed by atoms with E-state index in [0.29, 0.717) is 13.0 Å². The molecular formula is C24H28FN3O. The van der Waals surface area contributed by atoms with Crippen LogP contribution in [0.15, 0.2) is 54.9 Å². The number of halogens is 1. The molecule has 29 heavy (non-hydrogen) atoms. The van der Waals surface area contributed by atoms with Crippen molar-refractivity contribution in [1.29, 1.82) is 0 Å². The van der Waals surface area contributed by atoms with Gasteiger partial charge in [0, 0.05) is 38.4 Å². The Morgan fingerprint density at radius 1 is 1.10 bits per heavy atom. The highest BCUT2D eigenvalue weighted by Crippen LogP contribution is 2.40. The van der Waals surface area contributed by atoms with E-state index < -0.39 is 0 Å². The van der Waals surface area contributed by atoms with Gasteiger partial charge in [-0.25, -0.2) is 4.39 Å². The number of piperidine rings is 2. The van der Waals surface area contributed by atoms with E-state index in [1.54, 1.807) is 18.3 Å². The molecule has 2 saturated heterocycles. The van der Waals surface area contributed by atoms with E-state index in [9.17, 15) is 9.18 Å². The number of hydrogen-bond acceptors (Lipinski definition) is 3. The number of rotatable bonds is 5. The number of nitrogens with zero attached hydrogens (tertiary/aromatic N) is 3. The predicted molar refractivity (Wildman–Crippen MR) is 112 cm³/mol. The van der Waals surface area contributed by atoms with E-state index >= 15 is 0 Å². The number of hydrogen-bond donors (Lipinski definition) is 0. The van der Waals surface area contributed by atoms with E-state index in [4.69, 9.17) is 0 Å². The lowest BCUT2D eigenvalue weighted by Gasteiger charge is -2.47. The molecule has 0 unspecified atom stereocenters. The van der Waals surface area contributed by atoms with Gasteiger partial charge in [0.2, 0.25) is 5.91 Å². The molecule has 1 amide bonds. The largest absolute Gasteiger partial charge is 0.338 e. The maximum atomic E-state index is 13.0. The van der Waals surface area contributed by atoms with Crippen LogP contribution in [0.5, 0.6) is 0 Å². The van der Waals surface area contributed by atoms with Crippen LogP contribution < -0.4 is 0 Å². The third-order valence-electron chi connectivity index (χ3n) is 6.31. The fourth-order valence-corrected chi connectivity index (χ4v) is 4.49. The molecular weight excluding hydrogens is 365 g/mol. The lowest BCUT2D eigenvalue weighted by Crippen LogP contribution is -2.51. The predicted octanol–water partition coefficient (Wildman–Crippen LogP) is 4.14. The van der Waals surface area contributed by atoms with Crippen molar-refractivity contribution >= 4 is 12.0 Å². The van der Waals surface area contributed by atoms with Crippen molar-refractivity contribution in [3.8, 4) is 0 Å². The van der Waals surface area contributed by atoms with Gasteiger partial charge in [0.25, 0.3) is 0 Å². The van der Waals surface area contributed by atoms with Crippen molar-refractivity contribution in [2.45, 2.75) is 32.2 Å². The molecule has 2 aliphatic heterocycles. The van der Waals surface area contributed by atoms with Crippen molar-refractivity contribution in [2.24, 2.45) is 5.41 Å². The summed E-state index contributed by atoms with van der Waals surface area (Å²) in [5.74, 6) is 0.0659. The third-order valence-corrected chi connectivity index (χ3v) is 6.31. The second-order valence-electron chi connectivity index (χ2n) is 8.37. The molecule has 3 heterocycles. The Labute approximate surface area is 172 Å². The first-order valence-corrected chi connectivity index (χ1v) is 10.4. The second kappa shape index (κ2) is 8.87. The smallest absolute Gasteiger partial charge is 0.222 e. The fourth-order valence-electron chi connectivity index (χ4n) is 4.49. The number of amides is 1. The van der Waals surface area contributed by atoms with Crippen LogP contribution in [0, 0.1) is 11.2 Å². The molecule has 0 radical (unpaired) electrons. The van der Waals surface area contributed by atoms with E-state index in [0.717, 1.165) is 56.6 Å². The number of carbonyl (C=O) groups excluding carboxylic acids is 1. The maximum Gasteiger partial charge on any atom is 0.222 e. The van der Waals surface area contributed by atoms with Crippen molar-refractivity contribution in [2.75, 3.05) is 26.2 Å². The second-order valence-corrected chi connectivity index (χ2v) is 8.37. The Bertz CT molecular complexity index is 842. The Morgan fingerprint density at radius 2 is 1.90 bits per heavy atom. The topological polar surface area (TPSA) is 36.4 Å². The average Bonchev–Trinajstić information content (AvgIpc) is 2.75. The van der Waals surface area contributed by atoms with Gasteiger partial charge in [-0.1, -0.05) is 30.4 Å². The first-order valence-electron chi connectivity index (χ1n) is 10.4. The maximum absolute atomic E-state index is 13.0. The van der Waals surface area contributed by atoms with Gasteiger partial charge in [-0.15, -0.1) is 0 Å². The third kappa shape index (κ3) is 5.10. The number of likely N-dealkylation sites (tertiary alicyclic amines) is 2. The molecule has 0 bridgehead atoms. The van der Waals surface area contributed by atoms with Crippen LogP contribution >= 0.6 is 0 Å². The van der Waals surface area contributed by atoms with Crippen molar-refractivity contribution in [1.82, 2.24) is 14.8 Å². The van der Waals surface area contributed by atoms with Crippen LogP contribution in [-0.4, -0.2) is 46.9 Å². The Balaban J connectivity index is 1.29. The molecule has 0 N–H and O–H groups in total. The van der Waals surface area contributed by atoms with Crippen LogP contribution in [0.1, 0.15) is 36.8 Å². The quantitative estimate of drug-likeness (QED) is 0.766. The first kappa shape index (κ1) is 19.8. The summed E-state index contributed by atoms with van der Waals surface area (Å²) >= 11 is 0. The molecule has 0 aliphatic carbocycles. The van der Waals surface area contributed by atoms with Crippen molar-refractivity contribution in [3.63, 3.8) is 0 Å². The Morgan fingerprint density at radius 3 is 2.62 bits per heavy atom. The minimum atomic E-state index is -0.202. The normalized spacial score (nSPS) is 19.9. The first-order chi connectivity index (χ1) is 14.1. The molecule has 152 valence electrons. The summed E-state index contributed by atoms with van der Waals surface area (Å²) in [7, 11) is 0. The molecule has 0 atom stereocenters. The summed E-state index contributed by atoms with van der Waals surface area (Å²) in [5, 5.41) is 0. The number of benzene rings is 1. The van der Waals surface area contributed by atoms with Gasteiger partial charge in [-0.05, 0) is 67.1 Å². The molecule has 2 fully saturated rings. The number of pyridine rings is 1. The zero-order valence-electron chi connectivity index (χ0n) is 16.8. The van der Waals surface area contributed by atoms with Gasteiger partial charge in [0.05, 0.1) is 0 Å². The van der Waals surface area contributed by atoms with Gasteiger partial charge in [0.1, 0.15) is 5.82 Å². The van der Waals surface area contributed by atoms with Gasteiger partial charge >= 0.3 is 0 Å². The molecule has 0 saturated carbocycles. The van der Waals surface area contributed by atoms with Crippen LogP contribution in [0.3, 0.4) is 0 Å². The minimum absolute atomic E-state index is 0.202. The van der Waals surface area contributed by atoms with Crippen molar-refractivity contribution in [3.05, 3.63) is 71.8 Å². The Hall–Kier alpha value is -2.53. The van der Waals surface area contributed by atoms with E-state index in [2.05, 4.69) is 22.0 Å². The van der Waals surface area contributed by atoms with Crippen LogP contribution in [0.4, 0.5) is 4.39 Å². The fraction of sp³-hybridized carbons (Fsp3) is 0.417. The highest BCUT2D eigenvalue weighted by molar-refractivity contribution is 5.77. The summed E-state index contributed by atoms with van der Waals surface area (Å²) in [5.41, 5.74) is 2.38. The highest BCUT2D eigenvalue weighted by atomic mass is 19.1. The van der Waals surface area contributed by atoms with Crippen LogP contribution in [0.25, 0.3) is 6.08 Å². The zero-order chi connectivity index (χ0) is 20.1. The van der Waals surface area contributed by atoms with E-state index in [1.165, 1.54) is 12.1 Å². The van der Waals surface area contributed by atoms with Crippen LogP contribution in [0.2, 0.25) is 0 Å². The lowest BCUT2D eigenvalue weighted by molar-refractivity contribution is -0.139. The van der Waals surface area contributed by atoms with Gasteiger partial charge in [0.15, 0.2) is 0 Å². The summed E-state index contributed by atoms with van der Waals surface area (Å²) in [6.07, 6.45) is 11.8. The van der Waals surface area contributed by atoms with Crippen LogP contribution in [-0.2, 0) is 11.3 Å². The Kier molecular flexibility index (Phi) is 6.05. The SMILES string of the molecule is O=C1CCC2(CCN(C/C=C/c3ccc(F)cc3)CC2)CN1Cc1cccnc1. The average molecular weight is 394 g/mol. The number of aromatic nitrogens is 1. The molecule has 4 nitrogen and oxygen atoms in total. The monoisotopic (exact) mass is 393 g/mol. The van der Waals surface area contributed by atoms with E-state index in [-0.39, 0.29) is 17.1 Å². The summed E-state index contributed by atoms with van der Waals surface area (Å²) in [4.78, 5) is 21.1. The molecule has 5 heteroatoms. The van der Waals surface area contributed by atoms with Gasteiger partial charge < -0.3 is 4.90 Å². The zero-order valence-corrected chi connectivity index (χ0v) is 16.8. The number of carbonyl (C=O) groups is 1. The highest BCUT2D eigenvalue weighted by Gasteiger charge is 2.40. The lowest BCUT2D eigenvalue weighted by atomic mass is 9.72. The molecule has 1 spiro atoms. The molecule has 4 rings (SSSR count). The van der Waals surface area contributed by atoms with Crippen molar-refractivity contribution < 1.29 is 9.18 Å². The molecule has 1 aromatic carbocycles. The molecule has 2 aliphatic rings. The van der Waals surface area contributed by atoms with Gasteiger partial charge in [-0.3, -0.25) is 14.7 Å².